The van der Waals surface area contributed by atoms with E-state index < -0.39 is 12.1 Å². The van der Waals surface area contributed by atoms with Gasteiger partial charge in [-0.15, -0.1) is 11.8 Å². The molecule has 2 rings (SSSR count). The lowest BCUT2D eigenvalue weighted by Gasteiger charge is -2.10. The SMILES string of the molecule is O=C(O)C1CCC(CSc2ccc(Cl)cc2)O1. The van der Waals surface area contributed by atoms with Crippen LogP contribution in [0, 0.1) is 0 Å². The summed E-state index contributed by atoms with van der Waals surface area (Å²) in [6.45, 7) is 0. The number of carbonyl (C=O) groups is 1. The molecule has 1 aliphatic rings. The first kappa shape index (κ1) is 12.7. The van der Waals surface area contributed by atoms with Gasteiger partial charge in [0.05, 0.1) is 6.10 Å². The van der Waals surface area contributed by atoms with E-state index in [-0.39, 0.29) is 6.10 Å². The van der Waals surface area contributed by atoms with Crippen LogP contribution in [0.1, 0.15) is 12.8 Å². The summed E-state index contributed by atoms with van der Waals surface area (Å²) < 4.78 is 5.42. The molecule has 0 radical (unpaired) electrons. The van der Waals surface area contributed by atoms with Crippen molar-refractivity contribution in [3.05, 3.63) is 29.3 Å². The van der Waals surface area contributed by atoms with Gasteiger partial charge in [0.2, 0.25) is 0 Å². The highest BCUT2D eigenvalue weighted by molar-refractivity contribution is 7.99. The number of rotatable bonds is 4. The van der Waals surface area contributed by atoms with E-state index in [2.05, 4.69) is 0 Å². The minimum Gasteiger partial charge on any atom is -0.479 e. The summed E-state index contributed by atoms with van der Waals surface area (Å²) in [4.78, 5) is 11.8. The van der Waals surface area contributed by atoms with E-state index in [1.54, 1.807) is 11.8 Å². The van der Waals surface area contributed by atoms with E-state index >= 15 is 0 Å². The molecule has 1 N–H and O–H groups in total. The highest BCUT2D eigenvalue weighted by Crippen LogP contribution is 2.27. The number of ether oxygens (including phenoxy) is 1. The molecule has 92 valence electrons. The van der Waals surface area contributed by atoms with E-state index in [9.17, 15) is 4.79 Å². The summed E-state index contributed by atoms with van der Waals surface area (Å²) in [5, 5.41) is 9.52. The Morgan fingerprint density at radius 1 is 1.41 bits per heavy atom. The van der Waals surface area contributed by atoms with Crippen LogP contribution in [0.2, 0.25) is 5.02 Å². The highest BCUT2D eigenvalue weighted by Gasteiger charge is 2.30. The van der Waals surface area contributed by atoms with Crippen molar-refractivity contribution in [1.82, 2.24) is 0 Å². The molecular formula is C12H13ClO3S. The summed E-state index contributed by atoms with van der Waals surface area (Å²) in [6, 6.07) is 7.60. The van der Waals surface area contributed by atoms with Gasteiger partial charge in [-0.2, -0.15) is 0 Å². The molecule has 0 aliphatic carbocycles. The molecule has 3 nitrogen and oxygen atoms in total. The van der Waals surface area contributed by atoms with Crippen LogP contribution >= 0.6 is 23.4 Å². The molecule has 5 heteroatoms. The number of aliphatic carboxylic acids is 1. The fourth-order valence-electron chi connectivity index (χ4n) is 1.73. The monoisotopic (exact) mass is 272 g/mol. The highest BCUT2D eigenvalue weighted by atomic mass is 35.5. The summed E-state index contributed by atoms with van der Waals surface area (Å²) in [5.74, 6) is -0.0743. The van der Waals surface area contributed by atoms with Crippen molar-refractivity contribution >= 4 is 29.3 Å². The predicted molar refractivity (Wildman–Crippen MR) is 67.7 cm³/mol. The van der Waals surface area contributed by atoms with E-state index in [4.69, 9.17) is 21.4 Å². The molecule has 1 saturated heterocycles. The first-order valence-electron chi connectivity index (χ1n) is 5.42. The topological polar surface area (TPSA) is 46.5 Å². The van der Waals surface area contributed by atoms with Gasteiger partial charge in [0.25, 0.3) is 0 Å². The van der Waals surface area contributed by atoms with Crippen LogP contribution in [0.3, 0.4) is 0 Å². The zero-order valence-electron chi connectivity index (χ0n) is 9.14. The molecule has 0 amide bonds. The maximum absolute atomic E-state index is 10.7. The second kappa shape index (κ2) is 5.76. The normalized spacial score (nSPS) is 23.8. The van der Waals surface area contributed by atoms with Crippen molar-refractivity contribution in [2.45, 2.75) is 29.9 Å². The maximum Gasteiger partial charge on any atom is 0.332 e. The number of hydrogen-bond donors (Lipinski definition) is 1. The number of thioether (sulfide) groups is 1. The number of hydrogen-bond acceptors (Lipinski definition) is 3. The Hall–Kier alpha value is -0.710. The van der Waals surface area contributed by atoms with Gasteiger partial charge in [-0.05, 0) is 37.1 Å². The number of carboxylic acids is 1. The second-order valence-corrected chi connectivity index (χ2v) is 5.46. The van der Waals surface area contributed by atoms with Crippen LogP contribution in [-0.2, 0) is 9.53 Å². The maximum atomic E-state index is 10.7. The Bertz CT molecular complexity index is 393. The first-order chi connectivity index (χ1) is 8.15. The van der Waals surface area contributed by atoms with Gasteiger partial charge in [-0.25, -0.2) is 4.79 Å². The molecular weight excluding hydrogens is 260 g/mol. The molecule has 0 bridgehead atoms. The predicted octanol–water partition coefficient (Wildman–Crippen LogP) is 3.06. The van der Waals surface area contributed by atoms with E-state index in [0.717, 1.165) is 22.1 Å². The molecule has 0 aromatic heterocycles. The van der Waals surface area contributed by atoms with Crippen LogP contribution < -0.4 is 0 Å². The van der Waals surface area contributed by atoms with Crippen molar-refractivity contribution in [2.24, 2.45) is 0 Å². The average molecular weight is 273 g/mol. The Kier molecular flexibility index (Phi) is 4.31. The smallest absolute Gasteiger partial charge is 0.332 e. The first-order valence-corrected chi connectivity index (χ1v) is 6.78. The van der Waals surface area contributed by atoms with Crippen molar-refractivity contribution in [3.63, 3.8) is 0 Å². The van der Waals surface area contributed by atoms with Gasteiger partial charge >= 0.3 is 5.97 Å². The van der Waals surface area contributed by atoms with E-state index in [1.165, 1.54) is 0 Å². The zero-order valence-corrected chi connectivity index (χ0v) is 10.7. The lowest BCUT2D eigenvalue weighted by Crippen LogP contribution is -2.21. The average Bonchev–Trinajstić information content (AvgIpc) is 2.77. The third-order valence-electron chi connectivity index (χ3n) is 2.63. The van der Waals surface area contributed by atoms with Crippen molar-refractivity contribution in [1.29, 1.82) is 0 Å². The van der Waals surface area contributed by atoms with Gasteiger partial charge in [0.1, 0.15) is 0 Å². The summed E-state index contributed by atoms with van der Waals surface area (Å²) in [6.07, 6.45) is 0.848. The van der Waals surface area contributed by atoms with Gasteiger partial charge in [-0.3, -0.25) is 0 Å². The molecule has 0 saturated carbocycles. The molecule has 1 heterocycles. The molecule has 2 atom stereocenters. The van der Waals surface area contributed by atoms with Crippen molar-refractivity contribution in [3.8, 4) is 0 Å². The number of carboxylic acid groups (broad SMARTS) is 1. The summed E-state index contributed by atoms with van der Waals surface area (Å²) >= 11 is 7.46. The Labute approximate surface area is 109 Å². The molecule has 1 aliphatic heterocycles. The molecule has 0 spiro atoms. The number of benzene rings is 1. The fraction of sp³-hybridized carbons (Fsp3) is 0.417. The molecule has 1 aromatic rings. The third kappa shape index (κ3) is 3.63. The van der Waals surface area contributed by atoms with Crippen molar-refractivity contribution in [2.75, 3.05) is 5.75 Å². The minimum absolute atomic E-state index is 0.0387. The van der Waals surface area contributed by atoms with Crippen LogP contribution in [0.4, 0.5) is 0 Å². The van der Waals surface area contributed by atoms with Gasteiger partial charge in [0.15, 0.2) is 6.10 Å². The second-order valence-electron chi connectivity index (χ2n) is 3.93. The molecule has 2 unspecified atom stereocenters. The minimum atomic E-state index is -0.857. The summed E-state index contributed by atoms with van der Waals surface area (Å²) in [5.41, 5.74) is 0. The largest absolute Gasteiger partial charge is 0.479 e. The Morgan fingerprint density at radius 3 is 2.71 bits per heavy atom. The standard InChI is InChI=1S/C12H13ClO3S/c13-8-1-4-10(5-2-8)17-7-9-3-6-11(16-9)12(14)15/h1-2,4-5,9,11H,3,6-7H2,(H,14,15). The van der Waals surface area contributed by atoms with Crippen molar-refractivity contribution < 1.29 is 14.6 Å². The lowest BCUT2D eigenvalue weighted by molar-refractivity contribution is -0.148. The summed E-state index contributed by atoms with van der Waals surface area (Å²) in [7, 11) is 0. The fourth-order valence-corrected chi connectivity index (χ4v) is 2.81. The molecule has 1 fully saturated rings. The third-order valence-corrected chi connectivity index (χ3v) is 4.03. The van der Waals surface area contributed by atoms with Crippen LogP contribution in [0.5, 0.6) is 0 Å². The number of halogens is 1. The van der Waals surface area contributed by atoms with E-state index in [1.807, 2.05) is 24.3 Å². The van der Waals surface area contributed by atoms with Gasteiger partial charge in [-0.1, -0.05) is 11.6 Å². The quantitative estimate of drug-likeness (QED) is 0.856. The Morgan fingerprint density at radius 2 is 2.12 bits per heavy atom. The van der Waals surface area contributed by atoms with Crippen LogP contribution in [0.15, 0.2) is 29.2 Å². The van der Waals surface area contributed by atoms with Gasteiger partial charge < -0.3 is 9.84 Å². The Balaban J connectivity index is 1.80. The van der Waals surface area contributed by atoms with Crippen LogP contribution in [0.25, 0.3) is 0 Å². The van der Waals surface area contributed by atoms with Crippen LogP contribution in [-0.4, -0.2) is 29.0 Å². The van der Waals surface area contributed by atoms with Gasteiger partial charge in [0, 0.05) is 15.7 Å². The zero-order chi connectivity index (χ0) is 12.3. The van der Waals surface area contributed by atoms with E-state index in [0.29, 0.717) is 6.42 Å². The molecule has 1 aromatic carbocycles. The molecule has 17 heavy (non-hydrogen) atoms. The lowest BCUT2D eigenvalue weighted by atomic mass is 10.2.